The Morgan fingerprint density at radius 2 is 1.32 bits per heavy atom. The molecule has 0 aliphatic heterocycles. The summed E-state index contributed by atoms with van der Waals surface area (Å²) in [5.74, 6) is -26.0. The van der Waals surface area contributed by atoms with E-state index in [4.69, 9.17) is 0 Å². The number of alkyl halides is 9. The van der Waals surface area contributed by atoms with E-state index in [9.17, 15) is 44.6 Å². The topological polar surface area (TPSA) is 20.2 Å². The van der Waals surface area contributed by atoms with Gasteiger partial charge >= 0.3 is 23.7 Å². The lowest BCUT2D eigenvalue weighted by Crippen LogP contribution is -2.57. The molecule has 0 aromatic heterocycles. The van der Waals surface area contributed by atoms with Gasteiger partial charge in [-0.3, -0.25) is 0 Å². The highest BCUT2D eigenvalue weighted by Crippen LogP contribution is 2.70. The van der Waals surface area contributed by atoms with Crippen LogP contribution in [0.15, 0.2) is 24.3 Å². The van der Waals surface area contributed by atoms with Gasteiger partial charge in [-0.25, -0.2) is 4.39 Å². The minimum absolute atomic E-state index is 0.105. The maximum Gasteiger partial charge on any atom is 0.381 e. The quantitative estimate of drug-likeness (QED) is 0.600. The van der Waals surface area contributed by atoms with Gasteiger partial charge in [0.15, 0.2) is 0 Å². The Morgan fingerprint density at radius 1 is 0.857 bits per heavy atom. The largest absolute Gasteiger partial charge is 0.385 e. The molecule has 1 aliphatic carbocycles. The second-order valence-electron chi connectivity index (χ2n) is 7.85. The van der Waals surface area contributed by atoms with Gasteiger partial charge in [0.05, 0.1) is 5.60 Å². The van der Waals surface area contributed by atoms with Crippen LogP contribution in [-0.2, 0) is 12.0 Å². The zero-order valence-electron chi connectivity index (χ0n) is 15.1. The van der Waals surface area contributed by atoms with E-state index in [-0.39, 0.29) is 11.5 Å². The molecule has 1 nitrogen and oxygen atoms in total. The van der Waals surface area contributed by atoms with E-state index in [0.717, 1.165) is 6.07 Å². The van der Waals surface area contributed by atoms with Crippen LogP contribution in [-0.4, -0.2) is 34.5 Å². The fraction of sp³-hybridized carbons (Fsp3) is 0.667. The van der Waals surface area contributed by atoms with Crippen molar-refractivity contribution in [1.29, 1.82) is 0 Å². The lowest BCUT2D eigenvalue weighted by atomic mass is 9.80. The van der Waals surface area contributed by atoms with Crippen molar-refractivity contribution in [2.75, 3.05) is 0 Å². The molecule has 160 valence electrons. The molecule has 1 unspecified atom stereocenters. The number of benzene rings is 1. The first-order valence-corrected chi connectivity index (χ1v) is 8.37. The Morgan fingerprint density at radius 3 is 1.75 bits per heavy atom. The third kappa shape index (κ3) is 2.81. The lowest BCUT2D eigenvalue weighted by Gasteiger charge is -2.37. The number of rotatable bonds is 5. The van der Waals surface area contributed by atoms with Crippen LogP contribution in [0.5, 0.6) is 0 Å². The maximum absolute atomic E-state index is 14.7. The molecule has 1 N–H and O–H groups in total. The second kappa shape index (κ2) is 6.27. The summed E-state index contributed by atoms with van der Waals surface area (Å²) in [6, 6.07) is 5.16. The zero-order valence-corrected chi connectivity index (χ0v) is 15.1. The van der Waals surface area contributed by atoms with Gasteiger partial charge in [-0.05, 0) is 30.4 Å². The van der Waals surface area contributed by atoms with Crippen molar-refractivity contribution in [1.82, 2.24) is 0 Å². The first-order valence-electron chi connectivity index (χ1n) is 8.37. The van der Waals surface area contributed by atoms with Crippen LogP contribution < -0.4 is 0 Å². The molecule has 1 aromatic carbocycles. The molecule has 0 bridgehead atoms. The van der Waals surface area contributed by atoms with Gasteiger partial charge in [0.2, 0.25) is 0 Å². The Labute approximate surface area is 155 Å². The predicted octanol–water partition coefficient (Wildman–Crippen LogP) is 5.75. The van der Waals surface area contributed by atoms with Crippen molar-refractivity contribution >= 4 is 0 Å². The predicted molar refractivity (Wildman–Crippen MR) is 82.8 cm³/mol. The Kier molecular flexibility index (Phi) is 5.12. The third-order valence-corrected chi connectivity index (χ3v) is 4.96. The monoisotopic (exact) mass is 422 g/mol. The molecule has 0 heterocycles. The number of halogens is 9. The summed E-state index contributed by atoms with van der Waals surface area (Å²) >= 11 is 0. The molecule has 28 heavy (non-hydrogen) atoms. The fourth-order valence-electron chi connectivity index (χ4n) is 3.39. The van der Waals surface area contributed by atoms with Crippen molar-refractivity contribution in [2.45, 2.75) is 68.6 Å². The summed E-state index contributed by atoms with van der Waals surface area (Å²) in [5.41, 5.74) is -8.36. The Balaban J connectivity index is 2.53. The summed E-state index contributed by atoms with van der Waals surface area (Å²) in [5, 5.41) is 10.4. The van der Waals surface area contributed by atoms with Gasteiger partial charge in [-0.15, -0.1) is 0 Å². The minimum atomic E-state index is -6.65. The summed E-state index contributed by atoms with van der Waals surface area (Å²) in [6.07, 6.45) is -1.94. The fourth-order valence-corrected chi connectivity index (χ4v) is 3.39. The number of aliphatic hydroxyl groups is 1. The van der Waals surface area contributed by atoms with Crippen LogP contribution >= 0.6 is 0 Å². The highest BCUT2D eigenvalue weighted by Gasteiger charge is 3.00. The van der Waals surface area contributed by atoms with Gasteiger partial charge in [0, 0.05) is 6.42 Å². The van der Waals surface area contributed by atoms with E-state index in [0.29, 0.717) is 18.9 Å². The first kappa shape index (κ1) is 22.8. The smallest absolute Gasteiger partial charge is 0.381 e. The average Bonchev–Trinajstić information content (AvgIpc) is 2.56. The standard InChI is InChI=1S/C18H19F9O/c1-10(2)7-11-5-4-6-12(8-11)13(3,28)9-14(19)15(20,21)17(24,25)18(26,27)16(14,22)23/h4-6,8,10,28H,7,9H2,1-3H3. The van der Waals surface area contributed by atoms with Crippen molar-refractivity contribution < 1.29 is 44.6 Å². The highest BCUT2D eigenvalue weighted by atomic mass is 19.4. The van der Waals surface area contributed by atoms with Crippen LogP contribution in [0, 0.1) is 5.92 Å². The van der Waals surface area contributed by atoms with Crippen molar-refractivity contribution in [3.8, 4) is 0 Å². The summed E-state index contributed by atoms with van der Waals surface area (Å²) in [7, 11) is 0. The van der Waals surface area contributed by atoms with Crippen LogP contribution in [0.2, 0.25) is 0 Å². The van der Waals surface area contributed by atoms with Gasteiger partial charge in [-0.1, -0.05) is 38.1 Å². The molecule has 0 saturated heterocycles. The van der Waals surface area contributed by atoms with Crippen LogP contribution in [0.3, 0.4) is 0 Å². The van der Waals surface area contributed by atoms with E-state index >= 15 is 0 Å². The summed E-state index contributed by atoms with van der Waals surface area (Å²) in [6.45, 7) is 4.28. The molecule has 1 fully saturated rings. The molecule has 0 radical (unpaired) electrons. The molecule has 0 amide bonds. The normalized spacial score (nSPS) is 26.2. The third-order valence-electron chi connectivity index (χ3n) is 4.96. The molecular formula is C18H19F9O. The summed E-state index contributed by atoms with van der Waals surface area (Å²) < 4.78 is 124. The summed E-state index contributed by atoms with van der Waals surface area (Å²) in [4.78, 5) is 0. The minimum Gasteiger partial charge on any atom is -0.385 e. The van der Waals surface area contributed by atoms with Crippen molar-refractivity contribution in [3.05, 3.63) is 35.4 Å². The van der Waals surface area contributed by atoms with E-state index in [2.05, 4.69) is 0 Å². The van der Waals surface area contributed by atoms with Crippen molar-refractivity contribution in [3.63, 3.8) is 0 Å². The number of hydrogen-bond donors (Lipinski definition) is 1. The van der Waals surface area contributed by atoms with Gasteiger partial charge in [0.25, 0.3) is 5.67 Å². The van der Waals surface area contributed by atoms with Gasteiger partial charge < -0.3 is 5.11 Å². The molecule has 10 heteroatoms. The second-order valence-corrected chi connectivity index (χ2v) is 7.85. The lowest BCUT2D eigenvalue weighted by molar-refractivity contribution is -0.303. The number of hydrogen-bond acceptors (Lipinski definition) is 1. The van der Waals surface area contributed by atoms with E-state index < -0.39 is 41.4 Å². The SMILES string of the molecule is CC(C)Cc1cccc(C(C)(O)CC2(F)C(F)(F)C(F)(F)C(F)(F)C2(F)F)c1. The van der Waals surface area contributed by atoms with Gasteiger partial charge in [0.1, 0.15) is 0 Å². The molecule has 1 atom stereocenters. The van der Waals surface area contributed by atoms with Crippen molar-refractivity contribution in [2.24, 2.45) is 5.92 Å². The Bertz CT molecular complexity index is 714. The highest BCUT2D eigenvalue weighted by molar-refractivity contribution is 5.32. The first-order chi connectivity index (χ1) is 12.3. The zero-order chi connectivity index (χ0) is 22.0. The molecule has 1 aliphatic rings. The van der Waals surface area contributed by atoms with E-state index in [1.807, 2.05) is 13.8 Å². The Hall–Kier alpha value is -1.45. The molecule has 1 aromatic rings. The molecule has 0 spiro atoms. The molecule has 1 saturated carbocycles. The van der Waals surface area contributed by atoms with E-state index in [1.165, 1.54) is 12.1 Å². The van der Waals surface area contributed by atoms with Crippen LogP contribution in [0.25, 0.3) is 0 Å². The van der Waals surface area contributed by atoms with Crippen LogP contribution in [0.1, 0.15) is 38.3 Å². The molecule has 2 rings (SSSR count). The van der Waals surface area contributed by atoms with E-state index in [1.54, 1.807) is 6.07 Å². The van der Waals surface area contributed by atoms with Gasteiger partial charge in [-0.2, -0.15) is 35.1 Å². The van der Waals surface area contributed by atoms with Crippen LogP contribution in [0.4, 0.5) is 39.5 Å². The molecular weight excluding hydrogens is 403 g/mol. The maximum atomic E-state index is 14.7. The average molecular weight is 422 g/mol.